The van der Waals surface area contributed by atoms with Crippen molar-refractivity contribution in [2.24, 2.45) is 5.92 Å². The third-order valence-corrected chi connectivity index (χ3v) is 7.30. The van der Waals surface area contributed by atoms with Crippen molar-refractivity contribution < 1.29 is 29.3 Å². The monoisotopic (exact) mass is 617 g/mol. The minimum atomic E-state index is -1.09. The van der Waals surface area contributed by atoms with Gasteiger partial charge in [0.2, 0.25) is 11.8 Å². The number of amides is 3. The maximum Gasteiger partial charge on any atom is 0.408 e. The number of phenolic OH excluding ortho intramolecular Hbond substituents is 2. The van der Waals surface area contributed by atoms with Crippen LogP contribution in [0.1, 0.15) is 77.1 Å². The van der Waals surface area contributed by atoms with Gasteiger partial charge in [0.05, 0.1) is 0 Å². The Morgan fingerprint density at radius 2 is 1.38 bits per heavy atom. The molecule has 0 heterocycles. The number of hydrogen-bond acceptors (Lipinski definition) is 6. The summed E-state index contributed by atoms with van der Waals surface area (Å²) in [6, 6.07) is 19.6. The molecule has 0 aromatic heterocycles. The van der Waals surface area contributed by atoms with Crippen molar-refractivity contribution in [1.29, 1.82) is 0 Å². The molecule has 3 amide bonds. The molecule has 3 rings (SSSR count). The summed E-state index contributed by atoms with van der Waals surface area (Å²) in [7, 11) is 0. The van der Waals surface area contributed by atoms with Gasteiger partial charge in [-0.1, -0.05) is 68.4 Å². The average Bonchev–Trinajstić information content (AvgIpc) is 2.98. The Kier molecular flexibility index (Phi) is 12.4. The molecule has 45 heavy (non-hydrogen) atoms. The smallest absolute Gasteiger partial charge is 0.408 e. The Bertz CT molecular complexity index is 1390. The minimum Gasteiger partial charge on any atom is -0.508 e. The third kappa shape index (κ3) is 11.2. The maximum absolute atomic E-state index is 14.7. The van der Waals surface area contributed by atoms with Crippen molar-refractivity contribution in [2.45, 2.75) is 91.1 Å². The first kappa shape index (κ1) is 35.0. The number of benzene rings is 3. The van der Waals surface area contributed by atoms with Crippen LogP contribution >= 0.6 is 0 Å². The second kappa shape index (κ2) is 16.0. The Labute approximate surface area is 266 Å². The van der Waals surface area contributed by atoms with Gasteiger partial charge in [0.15, 0.2) is 0 Å². The van der Waals surface area contributed by atoms with Crippen molar-refractivity contribution in [2.75, 3.05) is 0 Å². The number of rotatable bonds is 13. The first-order chi connectivity index (χ1) is 21.2. The van der Waals surface area contributed by atoms with E-state index in [4.69, 9.17) is 4.74 Å². The van der Waals surface area contributed by atoms with Gasteiger partial charge in [-0.25, -0.2) is 4.79 Å². The molecule has 0 saturated heterocycles. The number of phenols is 2. The lowest BCUT2D eigenvalue weighted by Gasteiger charge is -2.39. The topological polar surface area (TPSA) is 128 Å². The molecule has 0 bridgehead atoms. The van der Waals surface area contributed by atoms with E-state index in [1.807, 2.05) is 37.3 Å². The lowest BCUT2D eigenvalue weighted by Crippen LogP contribution is -2.56. The molecule has 3 unspecified atom stereocenters. The summed E-state index contributed by atoms with van der Waals surface area (Å²) in [5.74, 6) is -0.387. The quantitative estimate of drug-likeness (QED) is 0.180. The largest absolute Gasteiger partial charge is 0.508 e. The molecule has 3 aromatic rings. The lowest BCUT2D eigenvalue weighted by molar-refractivity contribution is -0.145. The predicted molar refractivity (Wildman–Crippen MR) is 174 cm³/mol. The highest BCUT2D eigenvalue weighted by Gasteiger charge is 2.39. The molecule has 9 nitrogen and oxygen atoms in total. The number of carbonyl (C=O) groups is 3. The number of alkyl carbamates (subject to hydrolysis) is 1. The van der Waals surface area contributed by atoms with E-state index in [2.05, 4.69) is 24.5 Å². The van der Waals surface area contributed by atoms with Crippen molar-refractivity contribution in [1.82, 2.24) is 15.5 Å². The SMILES string of the molecule is CC(C)CCC(C)N(C(=O)C(Cc1ccc(O)cc1)NC(=O)OC(C)(C)C)C(C(=O)NCc1ccccc1)c1ccc(O)cc1. The van der Waals surface area contributed by atoms with E-state index in [-0.39, 0.29) is 24.5 Å². The number of nitrogens with one attached hydrogen (secondary N) is 2. The van der Waals surface area contributed by atoms with Crippen LogP contribution in [0, 0.1) is 5.92 Å². The number of nitrogens with zero attached hydrogens (tertiary/aromatic N) is 1. The summed E-state index contributed by atoms with van der Waals surface area (Å²) < 4.78 is 5.52. The van der Waals surface area contributed by atoms with Gasteiger partial charge in [-0.3, -0.25) is 9.59 Å². The fourth-order valence-electron chi connectivity index (χ4n) is 4.99. The van der Waals surface area contributed by atoms with Crippen molar-refractivity contribution in [3.05, 3.63) is 95.6 Å². The highest BCUT2D eigenvalue weighted by Crippen LogP contribution is 2.29. The normalized spacial score (nSPS) is 13.4. The zero-order valence-electron chi connectivity index (χ0n) is 27.1. The van der Waals surface area contributed by atoms with Gasteiger partial charge in [0, 0.05) is 19.0 Å². The Balaban J connectivity index is 2.08. The molecule has 0 spiro atoms. The highest BCUT2D eigenvalue weighted by molar-refractivity contribution is 5.92. The van der Waals surface area contributed by atoms with Gasteiger partial charge in [-0.15, -0.1) is 0 Å². The summed E-state index contributed by atoms with van der Waals surface area (Å²) in [6.45, 7) is 11.6. The van der Waals surface area contributed by atoms with Crippen LogP contribution in [0.3, 0.4) is 0 Å². The lowest BCUT2D eigenvalue weighted by atomic mass is 9.95. The minimum absolute atomic E-state index is 0.0322. The molecule has 3 aromatic carbocycles. The van der Waals surface area contributed by atoms with Gasteiger partial charge in [-0.2, -0.15) is 0 Å². The highest BCUT2D eigenvalue weighted by atomic mass is 16.6. The summed E-state index contributed by atoms with van der Waals surface area (Å²) in [5.41, 5.74) is 1.32. The molecule has 0 radical (unpaired) electrons. The van der Waals surface area contributed by atoms with Gasteiger partial charge in [0.1, 0.15) is 29.2 Å². The number of carbonyl (C=O) groups excluding carboxylic acids is 3. The number of aromatic hydroxyl groups is 2. The molecular weight excluding hydrogens is 570 g/mol. The van der Waals surface area contributed by atoms with E-state index >= 15 is 0 Å². The van der Waals surface area contributed by atoms with Crippen LogP contribution in [-0.4, -0.2) is 50.7 Å². The summed E-state index contributed by atoms with van der Waals surface area (Å²) in [4.78, 5) is 43.4. The standard InChI is InChI=1S/C36H47N3O6/c1-24(2)12-13-25(3)39(32(28-16-20-30(41)21-17-28)33(42)37-23-27-10-8-7-9-11-27)34(43)31(38-35(44)45-36(4,5)6)22-26-14-18-29(40)19-15-26/h7-11,14-21,24-25,31-32,40-41H,12-13,22-23H2,1-6H3,(H,37,42)(H,38,44). The third-order valence-electron chi connectivity index (χ3n) is 7.30. The number of ether oxygens (including phenoxy) is 1. The zero-order chi connectivity index (χ0) is 33.1. The van der Waals surface area contributed by atoms with Gasteiger partial charge in [0.25, 0.3) is 0 Å². The van der Waals surface area contributed by atoms with Crippen LogP contribution in [-0.2, 0) is 27.3 Å². The van der Waals surface area contributed by atoms with Crippen LogP contribution in [0.2, 0.25) is 0 Å². The average molecular weight is 618 g/mol. The number of hydrogen-bond donors (Lipinski definition) is 4. The fraction of sp³-hybridized carbons (Fsp3) is 0.417. The van der Waals surface area contributed by atoms with Crippen molar-refractivity contribution in [3.8, 4) is 11.5 Å². The zero-order valence-corrected chi connectivity index (χ0v) is 27.1. The van der Waals surface area contributed by atoms with Crippen LogP contribution in [0.25, 0.3) is 0 Å². The van der Waals surface area contributed by atoms with Gasteiger partial charge in [-0.05, 0) is 87.4 Å². The Morgan fingerprint density at radius 1 is 0.800 bits per heavy atom. The van der Waals surface area contributed by atoms with Crippen molar-refractivity contribution >= 4 is 17.9 Å². The van der Waals surface area contributed by atoms with Crippen molar-refractivity contribution in [3.63, 3.8) is 0 Å². The predicted octanol–water partition coefficient (Wildman–Crippen LogP) is 6.24. The molecule has 4 N–H and O–H groups in total. The fourth-order valence-corrected chi connectivity index (χ4v) is 4.99. The summed E-state index contributed by atoms with van der Waals surface area (Å²) in [5, 5.41) is 25.6. The molecule has 3 atom stereocenters. The second-order valence-electron chi connectivity index (χ2n) is 12.8. The summed E-state index contributed by atoms with van der Waals surface area (Å²) >= 11 is 0. The first-order valence-corrected chi connectivity index (χ1v) is 15.4. The van der Waals surface area contributed by atoms with Crippen LogP contribution in [0.15, 0.2) is 78.9 Å². The van der Waals surface area contributed by atoms with Crippen LogP contribution < -0.4 is 10.6 Å². The van der Waals surface area contributed by atoms with Gasteiger partial charge < -0.3 is 30.5 Å². The molecule has 242 valence electrons. The summed E-state index contributed by atoms with van der Waals surface area (Å²) in [6.07, 6.45) is 0.757. The van der Waals surface area contributed by atoms with Gasteiger partial charge >= 0.3 is 6.09 Å². The molecule has 0 aliphatic rings. The molecule has 0 aliphatic heterocycles. The molecule has 0 saturated carbocycles. The molecule has 9 heteroatoms. The maximum atomic E-state index is 14.7. The van der Waals surface area contributed by atoms with E-state index < -0.39 is 41.6 Å². The van der Waals surface area contributed by atoms with E-state index in [1.165, 1.54) is 24.3 Å². The Hall–Kier alpha value is -4.53. The first-order valence-electron chi connectivity index (χ1n) is 15.4. The van der Waals surface area contributed by atoms with E-state index in [9.17, 15) is 24.6 Å². The second-order valence-corrected chi connectivity index (χ2v) is 12.8. The van der Waals surface area contributed by atoms with Crippen LogP contribution in [0.5, 0.6) is 11.5 Å². The molecule has 0 fully saturated rings. The van der Waals surface area contributed by atoms with E-state index in [1.54, 1.807) is 49.9 Å². The molecular formula is C36H47N3O6. The van der Waals surface area contributed by atoms with E-state index in [0.717, 1.165) is 12.0 Å². The van der Waals surface area contributed by atoms with E-state index in [0.29, 0.717) is 23.5 Å². The Morgan fingerprint density at radius 3 is 1.93 bits per heavy atom. The molecule has 0 aliphatic carbocycles. The van der Waals surface area contributed by atoms with Crippen LogP contribution in [0.4, 0.5) is 4.79 Å².